The van der Waals surface area contributed by atoms with Crippen LogP contribution in [0.2, 0.25) is 0 Å². The van der Waals surface area contributed by atoms with Crippen molar-refractivity contribution in [2.45, 2.75) is 26.2 Å². The molecule has 0 aliphatic heterocycles. The molecule has 0 aliphatic carbocycles. The maximum absolute atomic E-state index is 6.42. The summed E-state index contributed by atoms with van der Waals surface area (Å²) < 4.78 is 8.79. The van der Waals surface area contributed by atoms with Gasteiger partial charge in [0.2, 0.25) is 0 Å². The summed E-state index contributed by atoms with van der Waals surface area (Å²) in [7, 11) is 0. The molecule has 0 radical (unpaired) electrons. The molecule has 2 heterocycles. The van der Waals surface area contributed by atoms with E-state index in [2.05, 4.69) is 217 Å². The van der Waals surface area contributed by atoms with Gasteiger partial charge in [-0.3, -0.25) is 0 Å². The van der Waals surface area contributed by atoms with Gasteiger partial charge in [0.05, 0.1) is 11.0 Å². The molecule has 0 unspecified atom stereocenters. The van der Waals surface area contributed by atoms with Gasteiger partial charge in [0.15, 0.2) is 0 Å². The Balaban J connectivity index is 0.933. The molecule has 11 aromatic rings. The molecule has 0 amide bonds. The molecule has 61 heavy (non-hydrogen) atoms. The maximum Gasteiger partial charge on any atom is 0.143 e. The van der Waals surface area contributed by atoms with Crippen molar-refractivity contribution in [3.05, 3.63) is 218 Å². The Labute approximate surface area is 356 Å². The third-order valence-corrected chi connectivity index (χ3v) is 12.2. The molecule has 3 nitrogen and oxygen atoms in total. The molecule has 0 saturated heterocycles. The minimum Gasteiger partial charge on any atom is -0.455 e. The van der Waals surface area contributed by atoms with Crippen LogP contribution in [-0.4, -0.2) is 4.57 Å². The number of anilines is 3. The van der Waals surface area contributed by atoms with Crippen LogP contribution in [-0.2, 0) is 6.42 Å². The number of benzene rings is 9. The van der Waals surface area contributed by atoms with E-state index in [1.54, 1.807) is 0 Å². The van der Waals surface area contributed by atoms with Crippen molar-refractivity contribution in [3.8, 4) is 39.1 Å². The van der Waals surface area contributed by atoms with Crippen LogP contribution in [0.1, 0.15) is 25.3 Å². The van der Waals surface area contributed by atoms with Gasteiger partial charge in [-0.1, -0.05) is 159 Å². The molecule has 0 saturated carbocycles. The molecule has 11 rings (SSSR count). The molecule has 3 heteroatoms. The number of aromatic nitrogens is 1. The summed E-state index contributed by atoms with van der Waals surface area (Å²) in [6.45, 7) is 2.25. The lowest BCUT2D eigenvalue weighted by molar-refractivity contribution is 0.670. The average Bonchev–Trinajstić information content (AvgIpc) is 3.88. The summed E-state index contributed by atoms with van der Waals surface area (Å²) >= 11 is 0. The lowest BCUT2D eigenvalue weighted by Crippen LogP contribution is -2.09. The molecule has 0 bridgehead atoms. The standard InChI is InChI=1S/C58H44N2O/c1-2-3-11-40-20-22-41(23-21-40)42-24-32-46(33-25-42)59(48-38-30-45(31-39-48)50-15-10-16-54-53-14-6-9-19-57(53)61-58(50)54)47-34-26-43(27-35-47)44-28-36-49(37-29-44)60-55-17-7-4-12-51(55)52-13-5-8-18-56(52)60/h4-10,12-39H,2-3,11H2,1H3. The van der Waals surface area contributed by atoms with E-state index in [9.17, 15) is 0 Å². The predicted octanol–water partition coefficient (Wildman–Crippen LogP) is 16.5. The van der Waals surface area contributed by atoms with Gasteiger partial charge in [-0.2, -0.15) is 0 Å². The highest BCUT2D eigenvalue weighted by atomic mass is 16.3. The van der Waals surface area contributed by atoms with Crippen molar-refractivity contribution in [1.82, 2.24) is 4.57 Å². The number of hydrogen-bond donors (Lipinski definition) is 0. The maximum atomic E-state index is 6.42. The smallest absolute Gasteiger partial charge is 0.143 e. The highest BCUT2D eigenvalue weighted by molar-refractivity contribution is 6.10. The van der Waals surface area contributed by atoms with E-state index < -0.39 is 0 Å². The van der Waals surface area contributed by atoms with Crippen LogP contribution in [0.25, 0.3) is 82.8 Å². The number of rotatable bonds is 10. The normalized spacial score (nSPS) is 11.6. The van der Waals surface area contributed by atoms with Crippen molar-refractivity contribution in [1.29, 1.82) is 0 Å². The van der Waals surface area contributed by atoms with Gasteiger partial charge >= 0.3 is 0 Å². The first-order chi connectivity index (χ1) is 30.2. The van der Waals surface area contributed by atoms with Gasteiger partial charge in [0, 0.05) is 49.9 Å². The van der Waals surface area contributed by atoms with Gasteiger partial charge in [0.1, 0.15) is 11.2 Å². The summed E-state index contributed by atoms with van der Waals surface area (Å²) in [5.41, 5.74) is 17.1. The number of aryl methyl sites for hydroxylation is 1. The lowest BCUT2D eigenvalue weighted by atomic mass is 10.0. The zero-order valence-corrected chi connectivity index (χ0v) is 34.1. The van der Waals surface area contributed by atoms with Crippen LogP contribution in [0.4, 0.5) is 17.1 Å². The number of unbranched alkanes of at least 4 members (excludes halogenated alkanes) is 1. The SMILES string of the molecule is CCCCc1ccc(-c2ccc(N(c3ccc(-c4ccc(-n5c6ccccc6c6ccccc65)cc4)cc3)c3ccc(-c4cccc5c4oc4ccccc45)cc3)cc2)cc1. The molecule has 0 fully saturated rings. The second kappa shape index (κ2) is 15.5. The van der Waals surface area contributed by atoms with Crippen molar-refractivity contribution in [2.24, 2.45) is 0 Å². The summed E-state index contributed by atoms with van der Waals surface area (Å²) in [4.78, 5) is 2.35. The van der Waals surface area contributed by atoms with Gasteiger partial charge in [-0.15, -0.1) is 0 Å². The highest BCUT2D eigenvalue weighted by Crippen LogP contribution is 2.40. The molecule has 9 aromatic carbocycles. The van der Waals surface area contributed by atoms with Crippen molar-refractivity contribution >= 4 is 60.8 Å². The predicted molar refractivity (Wildman–Crippen MR) is 258 cm³/mol. The third kappa shape index (κ3) is 6.65. The molecule has 0 atom stereocenters. The Bertz CT molecular complexity index is 3250. The summed E-state index contributed by atoms with van der Waals surface area (Å²) in [5.74, 6) is 0. The second-order valence-corrected chi connectivity index (χ2v) is 16.0. The Kier molecular flexibility index (Phi) is 9.28. The van der Waals surface area contributed by atoms with Gasteiger partial charge in [0.25, 0.3) is 0 Å². The third-order valence-electron chi connectivity index (χ3n) is 12.2. The van der Waals surface area contributed by atoms with Crippen LogP contribution in [0.15, 0.2) is 217 Å². The monoisotopic (exact) mass is 784 g/mol. The minimum absolute atomic E-state index is 0.908. The fraction of sp³-hybridized carbons (Fsp3) is 0.0690. The van der Waals surface area contributed by atoms with Crippen molar-refractivity contribution in [2.75, 3.05) is 4.90 Å². The first kappa shape index (κ1) is 36.5. The molecular formula is C58H44N2O. The summed E-state index contributed by atoms with van der Waals surface area (Å²) in [6, 6.07) is 76.8. The fourth-order valence-corrected chi connectivity index (χ4v) is 9.07. The van der Waals surface area contributed by atoms with Crippen LogP contribution in [0.3, 0.4) is 0 Å². The first-order valence-corrected chi connectivity index (χ1v) is 21.4. The molecule has 0 aliphatic rings. The topological polar surface area (TPSA) is 21.3 Å². The average molecular weight is 785 g/mol. The lowest BCUT2D eigenvalue weighted by Gasteiger charge is -2.26. The van der Waals surface area contributed by atoms with E-state index in [1.165, 1.54) is 62.5 Å². The van der Waals surface area contributed by atoms with Crippen molar-refractivity contribution in [3.63, 3.8) is 0 Å². The summed E-state index contributed by atoms with van der Waals surface area (Å²) in [6.07, 6.45) is 3.56. The largest absolute Gasteiger partial charge is 0.455 e. The molecule has 0 N–H and O–H groups in total. The first-order valence-electron chi connectivity index (χ1n) is 21.4. The van der Waals surface area contributed by atoms with Crippen LogP contribution < -0.4 is 4.90 Å². The minimum atomic E-state index is 0.908. The molecular weight excluding hydrogens is 741 g/mol. The van der Waals surface area contributed by atoms with Gasteiger partial charge in [-0.25, -0.2) is 0 Å². The zero-order chi connectivity index (χ0) is 40.7. The zero-order valence-electron chi connectivity index (χ0n) is 34.1. The number of hydrogen-bond acceptors (Lipinski definition) is 2. The number of nitrogens with zero attached hydrogens (tertiary/aromatic N) is 2. The van der Waals surface area contributed by atoms with E-state index in [4.69, 9.17) is 4.42 Å². The fourth-order valence-electron chi connectivity index (χ4n) is 9.07. The van der Waals surface area contributed by atoms with Crippen LogP contribution in [0, 0.1) is 0 Å². The van der Waals surface area contributed by atoms with E-state index in [0.29, 0.717) is 0 Å². The quantitative estimate of drug-likeness (QED) is 0.138. The molecule has 0 spiro atoms. The highest BCUT2D eigenvalue weighted by Gasteiger charge is 2.17. The summed E-state index contributed by atoms with van der Waals surface area (Å²) in [5, 5.41) is 4.81. The van der Waals surface area contributed by atoms with E-state index in [-0.39, 0.29) is 0 Å². The molecule has 292 valence electrons. The Morgan fingerprint density at radius 1 is 0.410 bits per heavy atom. The van der Waals surface area contributed by atoms with Crippen LogP contribution in [0.5, 0.6) is 0 Å². The molecule has 2 aromatic heterocycles. The van der Waals surface area contributed by atoms with Gasteiger partial charge < -0.3 is 13.9 Å². The number of fused-ring (bicyclic) bond motifs is 6. The van der Waals surface area contributed by atoms with E-state index >= 15 is 0 Å². The Morgan fingerprint density at radius 3 is 1.43 bits per heavy atom. The number of para-hydroxylation sites is 4. The second-order valence-electron chi connectivity index (χ2n) is 16.0. The van der Waals surface area contributed by atoms with E-state index in [1.807, 2.05) is 12.1 Å². The van der Waals surface area contributed by atoms with Crippen LogP contribution >= 0.6 is 0 Å². The Hall–Kier alpha value is -7.62. The number of furan rings is 1. The van der Waals surface area contributed by atoms with Gasteiger partial charge in [-0.05, 0) is 113 Å². The van der Waals surface area contributed by atoms with E-state index in [0.717, 1.165) is 62.2 Å². The van der Waals surface area contributed by atoms with Crippen molar-refractivity contribution < 1.29 is 4.42 Å². The Morgan fingerprint density at radius 2 is 0.869 bits per heavy atom.